The first kappa shape index (κ1) is 20.7. The van der Waals surface area contributed by atoms with Crippen molar-refractivity contribution in [2.75, 3.05) is 18.5 Å². The van der Waals surface area contributed by atoms with E-state index in [1.807, 2.05) is 6.92 Å². The van der Waals surface area contributed by atoms with Crippen LogP contribution in [0.5, 0.6) is 5.75 Å². The number of anilines is 1. The van der Waals surface area contributed by atoms with Crippen LogP contribution in [-0.2, 0) is 6.42 Å². The molecule has 0 spiro atoms. The van der Waals surface area contributed by atoms with Crippen LogP contribution in [0.4, 0.5) is 5.69 Å². The predicted molar refractivity (Wildman–Crippen MR) is 101 cm³/mol. The van der Waals surface area contributed by atoms with Crippen LogP contribution in [0, 0.1) is 6.92 Å². The van der Waals surface area contributed by atoms with Gasteiger partial charge in [-0.3, -0.25) is 9.59 Å². The molecule has 1 aromatic heterocycles. The number of hydrogen-bond acceptors (Lipinski definition) is 4. The number of benzene rings is 1. The Morgan fingerprint density at radius 2 is 1.88 bits per heavy atom. The number of carbonyl (C=O) groups is 2. The van der Waals surface area contributed by atoms with Gasteiger partial charge >= 0.3 is 0 Å². The number of Topliss-reactive ketones (excluding diaryl/α,β-unsaturated/α-hetero) is 1. The molecule has 25 heavy (non-hydrogen) atoms. The SMILES string of the molecule is CCc1c(C(=O)Nc2ccc(OCCN)cc2)[nH]c(C)c1C(C)=O.Cl. The zero-order valence-corrected chi connectivity index (χ0v) is 15.5. The highest BCUT2D eigenvalue weighted by Crippen LogP contribution is 2.22. The first-order valence-electron chi connectivity index (χ1n) is 7.94. The van der Waals surface area contributed by atoms with E-state index < -0.39 is 0 Å². The van der Waals surface area contributed by atoms with Gasteiger partial charge in [0.15, 0.2) is 5.78 Å². The summed E-state index contributed by atoms with van der Waals surface area (Å²) in [5.41, 5.74) is 8.55. The van der Waals surface area contributed by atoms with E-state index in [9.17, 15) is 9.59 Å². The van der Waals surface area contributed by atoms with Gasteiger partial charge in [0.1, 0.15) is 18.1 Å². The Morgan fingerprint density at radius 1 is 1.24 bits per heavy atom. The molecule has 0 unspecified atom stereocenters. The van der Waals surface area contributed by atoms with Crippen LogP contribution in [0.3, 0.4) is 0 Å². The molecule has 136 valence electrons. The van der Waals surface area contributed by atoms with E-state index in [2.05, 4.69) is 10.3 Å². The van der Waals surface area contributed by atoms with Crippen molar-refractivity contribution >= 4 is 29.8 Å². The second-order valence-corrected chi connectivity index (χ2v) is 5.50. The summed E-state index contributed by atoms with van der Waals surface area (Å²) in [6, 6.07) is 7.06. The van der Waals surface area contributed by atoms with Crippen molar-refractivity contribution < 1.29 is 14.3 Å². The number of carbonyl (C=O) groups excluding carboxylic acids is 2. The second kappa shape index (κ2) is 9.25. The zero-order chi connectivity index (χ0) is 17.7. The van der Waals surface area contributed by atoms with Crippen molar-refractivity contribution in [3.63, 3.8) is 0 Å². The molecule has 0 bridgehead atoms. The maximum Gasteiger partial charge on any atom is 0.272 e. The molecule has 1 aromatic carbocycles. The van der Waals surface area contributed by atoms with Gasteiger partial charge in [-0.25, -0.2) is 0 Å². The number of ketones is 1. The van der Waals surface area contributed by atoms with Crippen LogP contribution in [0.2, 0.25) is 0 Å². The number of aromatic amines is 1. The lowest BCUT2D eigenvalue weighted by molar-refractivity contribution is 0.101. The third-order valence-corrected chi connectivity index (χ3v) is 3.72. The molecule has 1 amide bonds. The summed E-state index contributed by atoms with van der Waals surface area (Å²) >= 11 is 0. The van der Waals surface area contributed by atoms with Crippen molar-refractivity contribution in [3.8, 4) is 5.75 Å². The fraction of sp³-hybridized carbons (Fsp3) is 0.333. The number of nitrogens with two attached hydrogens (primary N) is 1. The molecule has 0 saturated carbocycles. The van der Waals surface area contributed by atoms with Crippen molar-refractivity contribution in [1.82, 2.24) is 4.98 Å². The molecule has 1 heterocycles. The molecule has 0 fully saturated rings. The largest absolute Gasteiger partial charge is 0.492 e. The van der Waals surface area contributed by atoms with E-state index in [-0.39, 0.29) is 24.1 Å². The van der Waals surface area contributed by atoms with Gasteiger partial charge in [0.05, 0.1) is 0 Å². The van der Waals surface area contributed by atoms with E-state index in [0.717, 1.165) is 11.3 Å². The van der Waals surface area contributed by atoms with Crippen LogP contribution < -0.4 is 15.8 Å². The van der Waals surface area contributed by atoms with Crippen molar-refractivity contribution in [3.05, 3.63) is 46.8 Å². The fourth-order valence-corrected chi connectivity index (χ4v) is 2.71. The monoisotopic (exact) mass is 365 g/mol. The van der Waals surface area contributed by atoms with Crippen molar-refractivity contribution in [2.24, 2.45) is 5.73 Å². The van der Waals surface area contributed by atoms with Gasteiger partial charge in [-0.1, -0.05) is 6.92 Å². The van der Waals surface area contributed by atoms with Gasteiger partial charge in [-0.2, -0.15) is 0 Å². The zero-order valence-electron chi connectivity index (χ0n) is 14.6. The molecule has 4 N–H and O–H groups in total. The third kappa shape index (κ3) is 4.84. The maximum absolute atomic E-state index is 12.5. The van der Waals surface area contributed by atoms with Crippen molar-refractivity contribution in [2.45, 2.75) is 27.2 Å². The maximum atomic E-state index is 12.5. The molecule has 0 radical (unpaired) electrons. The molecule has 7 heteroatoms. The number of ether oxygens (including phenoxy) is 1. The molecule has 2 aromatic rings. The lowest BCUT2D eigenvalue weighted by Gasteiger charge is -2.08. The average molecular weight is 366 g/mol. The quantitative estimate of drug-likeness (QED) is 0.657. The normalized spacial score (nSPS) is 10.1. The van der Waals surface area contributed by atoms with E-state index in [1.54, 1.807) is 31.2 Å². The molecule has 0 saturated heterocycles. The number of H-pyrrole nitrogens is 1. The average Bonchev–Trinajstić information content (AvgIpc) is 2.91. The number of aromatic nitrogens is 1. The highest BCUT2D eigenvalue weighted by atomic mass is 35.5. The summed E-state index contributed by atoms with van der Waals surface area (Å²) in [4.78, 5) is 27.4. The van der Waals surface area contributed by atoms with Crippen LogP contribution in [-0.4, -0.2) is 29.8 Å². The molecule has 6 nitrogen and oxygen atoms in total. The minimum Gasteiger partial charge on any atom is -0.492 e. The highest BCUT2D eigenvalue weighted by molar-refractivity contribution is 6.07. The fourth-order valence-electron chi connectivity index (χ4n) is 2.71. The van der Waals surface area contributed by atoms with Gasteiger partial charge in [0, 0.05) is 23.5 Å². The minimum absolute atomic E-state index is 0. The van der Waals surface area contributed by atoms with E-state index in [0.29, 0.717) is 42.3 Å². The molecular weight excluding hydrogens is 342 g/mol. The Labute approximate surface area is 153 Å². The van der Waals surface area contributed by atoms with Crippen molar-refractivity contribution in [1.29, 1.82) is 0 Å². The Morgan fingerprint density at radius 3 is 2.40 bits per heavy atom. The first-order chi connectivity index (χ1) is 11.5. The van der Waals surface area contributed by atoms with E-state index >= 15 is 0 Å². The molecule has 2 rings (SSSR count). The first-order valence-corrected chi connectivity index (χ1v) is 7.94. The van der Waals surface area contributed by atoms with Gasteiger partial charge in [-0.15, -0.1) is 12.4 Å². The van der Waals surface area contributed by atoms with E-state index in [4.69, 9.17) is 10.5 Å². The number of halogens is 1. The van der Waals surface area contributed by atoms with Gasteiger partial charge in [0.2, 0.25) is 0 Å². The number of amides is 1. The highest BCUT2D eigenvalue weighted by Gasteiger charge is 2.21. The Bertz CT molecular complexity index is 739. The topological polar surface area (TPSA) is 97.2 Å². The van der Waals surface area contributed by atoms with Crippen LogP contribution in [0.15, 0.2) is 24.3 Å². The third-order valence-electron chi connectivity index (χ3n) is 3.72. The second-order valence-electron chi connectivity index (χ2n) is 5.50. The summed E-state index contributed by atoms with van der Waals surface area (Å²) in [6.45, 7) is 6.13. The summed E-state index contributed by atoms with van der Waals surface area (Å²) in [7, 11) is 0. The van der Waals surface area contributed by atoms with Gasteiger partial charge < -0.3 is 20.8 Å². The molecular formula is C18H24ClN3O3. The van der Waals surface area contributed by atoms with Crippen LogP contribution in [0.25, 0.3) is 0 Å². The lowest BCUT2D eigenvalue weighted by Crippen LogP contribution is -2.15. The van der Waals surface area contributed by atoms with Crippen LogP contribution in [0.1, 0.15) is 46.0 Å². The summed E-state index contributed by atoms with van der Waals surface area (Å²) < 4.78 is 5.40. The Hall–Kier alpha value is -2.31. The standard InChI is InChI=1S/C18H23N3O3.ClH/c1-4-15-16(12(3)22)11(2)20-17(15)18(23)21-13-5-7-14(8-6-13)24-10-9-19;/h5-8,20H,4,9-10,19H2,1-3H3,(H,21,23);1H. The Balaban J connectivity index is 0.00000312. The molecule has 0 aliphatic rings. The van der Waals surface area contributed by atoms with Gasteiger partial charge in [-0.05, 0) is 50.1 Å². The Kier molecular flexibility index (Phi) is 7.67. The molecule has 0 aliphatic carbocycles. The number of rotatable bonds is 7. The number of hydrogen-bond donors (Lipinski definition) is 3. The predicted octanol–water partition coefficient (Wildman–Crippen LogP) is 3.10. The summed E-state index contributed by atoms with van der Waals surface area (Å²) in [5, 5.41) is 2.83. The summed E-state index contributed by atoms with van der Waals surface area (Å²) in [5.74, 6) is 0.390. The number of aryl methyl sites for hydroxylation is 1. The van der Waals surface area contributed by atoms with Crippen LogP contribution >= 0.6 is 12.4 Å². The lowest BCUT2D eigenvalue weighted by atomic mass is 10.0. The smallest absolute Gasteiger partial charge is 0.272 e. The van der Waals surface area contributed by atoms with Gasteiger partial charge in [0.25, 0.3) is 5.91 Å². The molecule has 0 aliphatic heterocycles. The molecule has 0 atom stereocenters. The number of nitrogens with one attached hydrogen (secondary N) is 2. The van der Waals surface area contributed by atoms with E-state index in [1.165, 1.54) is 6.92 Å². The minimum atomic E-state index is -0.266. The summed E-state index contributed by atoms with van der Waals surface area (Å²) in [6.07, 6.45) is 0.605.